The topological polar surface area (TPSA) is 138 Å². The van der Waals surface area contributed by atoms with Crippen molar-refractivity contribution in [2.75, 3.05) is 7.11 Å². The maximum absolute atomic E-state index is 13.0. The first kappa shape index (κ1) is 26.3. The number of benzene rings is 1. The molecule has 0 bridgehead atoms. The Morgan fingerprint density at radius 1 is 1.21 bits per heavy atom. The van der Waals surface area contributed by atoms with E-state index in [0.29, 0.717) is 6.54 Å². The summed E-state index contributed by atoms with van der Waals surface area (Å²) >= 11 is 0. The molecule has 0 saturated heterocycles. The minimum absolute atomic E-state index is 0.0353. The molecule has 10 heteroatoms. The molecule has 0 heterocycles. The van der Waals surface area contributed by atoms with Crippen LogP contribution in [0, 0.1) is 5.92 Å². The highest BCUT2D eigenvalue weighted by atomic mass is 16.5. The molecule has 0 aromatic heterocycles. The molecular weight excluding hydrogens is 428 g/mol. The Labute approximate surface area is 194 Å². The van der Waals surface area contributed by atoms with Crippen LogP contribution in [0.15, 0.2) is 35.9 Å². The highest BCUT2D eigenvalue weighted by molar-refractivity contribution is 5.90. The summed E-state index contributed by atoms with van der Waals surface area (Å²) in [7, 11) is 1.58. The van der Waals surface area contributed by atoms with Crippen LogP contribution in [0.2, 0.25) is 0 Å². The molecule has 182 valence electrons. The van der Waals surface area contributed by atoms with Gasteiger partial charge in [0.15, 0.2) is 0 Å². The number of amides is 2. The number of rotatable bonds is 12. The lowest BCUT2D eigenvalue weighted by Crippen LogP contribution is -2.58. The highest BCUT2D eigenvalue weighted by Gasteiger charge is 2.41. The van der Waals surface area contributed by atoms with E-state index in [1.165, 1.54) is 13.0 Å². The van der Waals surface area contributed by atoms with Crippen LogP contribution in [-0.2, 0) is 25.7 Å². The van der Waals surface area contributed by atoms with Gasteiger partial charge >= 0.3 is 5.97 Å². The maximum atomic E-state index is 13.0. The molecule has 0 unspecified atom stereocenters. The Morgan fingerprint density at radius 3 is 2.55 bits per heavy atom. The summed E-state index contributed by atoms with van der Waals surface area (Å²) in [5.74, 6) is -2.02. The fourth-order valence-corrected chi connectivity index (χ4v) is 3.75. The lowest BCUT2D eigenvalue weighted by molar-refractivity contribution is -0.135. The van der Waals surface area contributed by atoms with Gasteiger partial charge in [-0.15, -0.1) is 0 Å². The van der Waals surface area contributed by atoms with Gasteiger partial charge in [-0.25, -0.2) is 10.2 Å². The van der Waals surface area contributed by atoms with Crippen LogP contribution in [0.25, 0.3) is 0 Å². The van der Waals surface area contributed by atoms with Crippen LogP contribution in [0.1, 0.15) is 45.6 Å². The second-order valence-corrected chi connectivity index (χ2v) is 7.89. The van der Waals surface area contributed by atoms with Crippen molar-refractivity contribution < 1.29 is 29.0 Å². The lowest BCUT2D eigenvalue weighted by atomic mass is 9.81. The molecule has 0 saturated carbocycles. The first-order valence-corrected chi connectivity index (χ1v) is 11.1. The van der Waals surface area contributed by atoms with E-state index in [1.807, 2.05) is 38.1 Å². The van der Waals surface area contributed by atoms with Crippen LogP contribution in [-0.4, -0.2) is 48.2 Å². The number of methoxy groups -OCH3 is 1. The summed E-state index contributed by atoms with van der Waals surface area (Å²) in [6.07, 6.45) is 2.05. The van der Waals surface area contributed by atoms with Gasteiger partial charge in [-0.05, 0) is 43.0 Å². The number of aliphatic carboxylic acids is 1. The monoisotopic (exact) mass is 462 g/mol. The average Bonchev–Trinajstić information content (AvgIpc) is 2.80. The van der Waals surface area contributed by atoms with E-state index in [1.54, 1.807) is 7.11 Å². The van der Waals surface area contributed by atoms with E-state index in [2.05, 4.69) is 21.7 Å². The van der Waals surface area contributed by atoms with Crippen LogP contribution in [0.5, 0.6) is 5.75 Å². The molecule has 1 aliphatic rings. The Balaban J connectivity index is 2.09. The number of carbonyl (C=O) groups is 3. The fraction of sp³-hybridized carbons (Fsp3) is 0.522. The number of hydrogen-bond acceptors (Lipinski definition) is 7. The van der Waals surface area contributed by atoms with Gasteiger partial charge in [-0.2, -0.15) is 5.53 Å². The molecule has 0 spiro atoms. The minimum Gasteiger partial charge on any atom is -0.497 e. The van der Waals surface area contributed by atoms with Gasteiger partial charge in [0.1, 0.15) is 5.75 Å². The van der Waals surface area contributed by atoms with Gasteiger partial charge in [0.2, 0.25) is 11.8 Å². The second-order valence-electron chi connectivity index (χ2n) is 7.89. The zero-order valence-electron chi connectivity index (χ0n) is 19.5. The third-order valence-electron chi connectivity index (χ3n) is 5.54. The normalized spacial score (nSPS) is 20.2. The number of carboxylic acids is 1. The third-order valence-corrected chi connectivity index (χ3v) is 5.54. The van der Waals surface area contributed by atoms with E-state index in [-0.39, 0.29) is 24.0 Å². The lowest BCUT2D eigenvalue weighted by Gasteiger charge is -2.37. The van der Waals surface area contributed by atoms with Crippen molar-refractivity contribution in [2.24, 2.45) is 5.92 Å². The van der Waals surface area contributed by atoms with Gasteiger partial charge in [0, 0.05) is 19.0 Å². The molecule has 10 nitrogen and oxygen atoms in total. The van der Waals surface area contributed by atoms with E-state index in [9.17, 15) is 19.5 Å². The summed E-state index contributed by atoms with van der Waals surface area (Å²) < 4.78 is 11.3. The van der Waals surface area contributed by atoms with Crippen molar-refractivity contribution in [1.82, 2.24) is 21.7 Å². The molecule has 1 aromatic carbocycles. The van der Waals surface area contributed by atoms with Crippen LogP contribution >= 0.6 is 0 Å². The van der Waals surface area contributed by atoms with Crippen molar-refractivity contribution in [1.29, 1.82) is 0 Å². The van der Waals surface area contributed by atoms with Crippen molar-refractivity contribution in [3.05, 3.63) is 41.5 Å². The summed E-state index contributed by atoms with van der Waals surface area (Å²) in [4.78, 5) is 36.6. The summed E-state index contributed by atoms with van der Waals surface area (Å²) in [5.41, 5.74) is 9.11. The Kier molecular flexibility index (Phi) is 10.3. The molecular formula is C23H34N4O6. The molecule has 1 aliphatic carbocycles. The smallest absolute Gasteiger partial charge is 0.331 e. The Hall–Kier alpha value is -2.95. The number of hydrazine groups is 2. The van der Waals surface area contributed by atoms with E-state index in [4.69, 9.17) is 9.47 Å². The Morgan fingerprint density at radius 2 is 1.94 bits per heavy atom. The first-order valence-electron chi connectivity index (χ1n) is 11.1. The van der Waals surface area contributed by atoms with Crippen molar-refractivity contribution >= 4 is 17.8 Å². The predicted molar refractivity (Wildman–Crippen MR) is 122 cm³/mol. The van der Waals surface area contributed by atoms with Crippen molar-refractivity contribution in [3.63, 3.8) is 0 Å². The number of hydrogen-bond donors (Lipinski definition) is 5. The summed E-state index contributed by atoms with van der Waals surface area (Å²) in [6, 6.07) is 6.74. The van der Waals surface area contributed by atoms with Crippen LogP contribution in [0.4, 0.5) is 0 Å². The fourth-order valence-electron chi connectivity index (χ4n) is 3.75. The maximum Gasteiger partial charge on any atom is 0.331 e. The molecule has 1 aromatic rings. The van der Waals surface area contributed by atoms with E-state index < -0.39 is 29.9 Å². The molecule has 0 fully saturated rings. The number of carboxylic acid groups (broad SMARTS) is 1. The minimum atomic E-state index is -1.11. The standard InChI is InChI=1S/C23H34N4O6/c1-5-17(6-2)33-20-12-16(23(30)31)11-19(21(20)25-14(3)28)22(29)26-27-24-13-15-8-7-9-18(10-15)32-4/h7-10,12,17,19-21,24,27H,5-6,11,13H2,1-4H3,(H,25,28)(H,26,29)(H,30,31)/t19-,20+,21+/m0/s1. The number of ether oxygens (including phenoxy) is 2. The molecule has 3 atom stereocenters. The van der Waals surface area contributed by atoms with Crippen molar-refractivity contribution in [2.45, 2.75) is 64.8 Å². The van der Waals surface area contributed by atoms with Gasteiger partial charge in [-0.3, -0.25) is 15.0 Å². The number of carbonyl (C=O) groups excluding carboxylic acids is 2. The van der Waals surface area contributed by atoms with Crippen LogP contribution < -0.4 is 26.4 Å². The highest BCUT2D eigenvalue weighted by Crippen LogP contribution is 2.29. The molecule has 2 amide bonds. The zero-order chi connectivity index (χ0) is 24.4. The predicted octanol–water partition coefficient (Wildman–Crippen LogP) is 1.43. The summed E-state index contributed by atoms with van der Waals surface area (Å²) in [6.45, 7) is 5.69. The van der Waals surface area contributed by atoms with Crippen LogP contribution in [0.3, 0.4) is 0 Å². The van der Waals surface area contributed by atoms with E-state index >= 15 is 0 Å². The van der Waals surface area contributed by atoms with Crippen molar-refractivity contribution in [3.8, 4) is 5.75 Å². The second kappa shape index (κ2) is 12.9. The third kappa shape index (κ3) is 7.85. The van der Waals surface area contributed by atoms with Gasteiger partial charge in [0.05, 0.1) is 31.3 Å². The quantitative estimate of drug-likeness (QED) is 0.232. The van der Waals surface area contributed by atoms with E-state index in [0.717, 1.165) is 24.2 Å². The average molecular weight is 463 g/mol. The molecule has 0 radical (unpaired) electrons. The Bertz CT molecular complexity index is 855. The number of nitrogens with one attached hydrogen (secondary N) is 4. The van der Waals surface area contributed by atoms with Gasteiger partial charge in [0.25, 0.3) is 0 Å². The molecule has 2 rings (SSSR count). The SMILES string of the molecule is CCC(CC)O[C@@H]1C=C(C(=O)O)C[C@H](C(=O)NNNCc2cccc(OC)c2)[C@H]1NC(C)=O. The van der Waals surface area contributed by atoms with Gasteiger partial charge in [-0.1, -0.05) is 26.0 Å². The molecule has 33 heavy (non-hydrogen) atoms. The van der Waals surface area contributed by atoms with Gasteiger partial charge < -0.3 is 19.9 Å². The molecule has 5 N–H and O–H groups in total. The largest absolute Gasteiger partial charge is 0.497 e. The molecule has 0 aliphatic heterocycles. The first-order chi connectivity index (χ1) is 15.8. The zero-order valence-corrected chi connectivity index (χ0v) is 19.5. The summed E-state index contributed by atoms with van der Waals surface area (Å²) in [5, 5.41) is 12.4.